The number of aromatic carboxylic acids is 1. The van der Waals surface area contributed by atoms with Crippen molar-refractivity contribution in [1.82, 2.24) is 19.6 Å². The van der Waals surface area contributed by atoms with Gasteiger partial charge in [-0.15, -0.1) is 5.10 Å². The minimum absolute atomic E-state index is 0.0662. The van der Waals surface area contributed by atoms with Crippen LogP contribution in [0.3, 0.4) is 0 Å². The Morgan fingerprint density at radius 2 is 2.04 bits per heavy atom. The number of carboxylic acid groups (broad SMARTS) is 1. The Bertz CT molecular complexity index is 1110. The van der Waals surface area contributed by atoms with Crippen LogP contribution in [0.1, 0.15) is 21.5 Å². The lowest BCUT2D eigenvalue weighted by Gasteiger charge is -2.12. The van der Waals surface area contributed by atoms with Crippen molar-refractivity contribution < 1.29 is 18.3 Å². The van der Waals surface area contributed by atoms with Crippen LogP contribution in [0, 0.1) is 13.8 Å². The van der Waals surface area contributed by atoms with Gasteiger partial charge in [0, 0.05) is 12.4 Å². The minimum atomic E-state index is -4.13. The van der Waals surface area contributed by atoms with Gasteiger partial charge < -0.3 is 5.11 Å². The number of fused-ring (bicyclic) bond motifs is 1. The number of sulfonamides is 1. The molecule has 2 aromatic heterocycles. The lowest BCUT2D eigenvalue weighted by molar-refractivity contribution is 0.0696. The van der Waals surface area contributed by atoms with Crippen LogP contribution in [0.25, 0.3) is 5.78 Å². The third kappa shape index (κ3) is 3.20. The molecule has 0 aliphatic carbocycles. The molecular formula is C14H12BrN5O4S. The lowest BCUT2D eigenvalue weighted by atomic mass is 10.1. The summed E-state index contributed by atoms with van der Waals surface area (Å²) in [6.07, 6.45) is 3.14. The maximum Gasteiger partial charge on any atom is 0.336 e. The zero-order chi connectivity index (χ0) is 18.4. The first-order chi connectivity index (χ1) is 11.7. The van der Waals surface area contributed by atoms with E-state index in [1.165, 1.54) is 16.6 Å². The summed E-state index contributed by atoms with van der Waals surface area (Å²) in [5, 5.41) is 12.6. The average Bonchev–Trinajstić information content (AvgIpc) is 2.95. The zero-order valence-electron chi connectivity index (χ0n) is 13.1. The van der Waals surface area contributed by atoms with Gasteiger partial charge in [0.15, 0.2) is 0 Å². The fraction of sp³-hybridized carbons (Fsp3) is 0.143. The maximum absolute atomic E-state index is 12.6. The summed E-state index contributed by atoms with van der Waals surface area (Å²) >= 11 is 3.14. The van der Waals surface area contributed by atoms with Crippen LogP contribution >= 0.6 is 15.9 Å². The summed E-state index contributed by atoms with van der Waals surface area (Å²) in [7, 11) is -4.13. The van der Waals surface area contributed by atoms with Crippen molar-refractivity contribution in [2.45, 2.75) is 19.0 Å². The van der Waals surface area contributed by atoms with E-state index in [1.54, 1.807) is 26.2 Å². The van der Waals surface area contributed by atoms with Gasteiger partial charge in [-0.2, -0.15) is 13.4 Å². The number of hydrogen-bond donors (Lipinski definition) is 2. The SMILES string of the molecule is Cc1cnc2nc(S(=O)(=O)Nc3c(C)ccc(C(=O)O)c3Br)nn2c1. The largest absolute Gasteiger partial charge is 0.478 e. The van der Waals surface area contributed by atoms with Gasteiger partial charge in [0.25, 0.3) is 21.0 Å². The number of nitrogens with one attached hydrogen (secondary N) is 1. The summed E-state index contributed by atoms with van der Waals surface area (Å²) < 4.78 is 28.9. The first kappa shape index (κ1) is 17.3. The number of aryl methyl sites for hydroxylation is 2. The molecule has 0 fully saturated rings. The van der Waals surface area contributed by atoms with E-state index in [9.17, 15) is 18.3 Å². The molecule has 2 heterocycles. The summed E-state index contributed by atoms with van der Waals surface area (Å²) in [4.78, 5) is 19.1. The van der Waals surface area contributed by atoms with Crippen LogP contribution < -0.4 is 4.72 Å². The Morgan fingerprint density at radius 1 is 1.32 bits per heavy atom. The van der Waals surface area contributed by atoms with Gasteiger partial charge in [-0.1, -0.05) is 6.07 Å². The second-order valence-electron chi connectivity index (χ2n) is 5.30. The molecule has 0 aliphatic heterocycles. The highest BCUT2D eigenvalue weighted by Crippen LogP contribution is 2.31. The Hall–Kier alpha value is -2.53. The van der Waals surface area contributed by atoms with Crippen molar-refractivity contribution in [2.24, 2.45) is 0 Å². The Balaban J connectivity index is 2.07. The molecule has 0 atom stereocenters. The molecule has 130 valence electrons. The number of hydrogen-bond acceptors (Lipinski definition) is 6. The fourth-order valence-electron chi connectivity index (χ4n) is 2.11. The van der Waals surface area contributed by atoms with E-state index in [0.717, 1.165) is 5.56 Å². The van der Waals surface area contributed by atoms with Crippen LogP contribution in [-0.4, -0.2) is 39.1 Å². The fourth-order valence-corrected chi connectivity index (χ4v) is 3.98. The first-order valence-corrected chi connectivity index (χ1v) is 9.21. The quantitative estimate of drug-likeness (QED) is 0.653. The van der Waals surface area contributed by atoms with Crippen molar-refractivity contribution in [2.75, 3.05) is 4.72 Å². The second-order valence-corrected chi connectivity index (χ2v) is 7.67. The minimum Gasteiger partial charge on any atom is -0.478 e. The van der Waals surface area contributed by atoms with E-state index in [2.05, 4.69) is 35.7 Å². The summed E-state index contributed by atoms with van der Waals surface area (Å²) in [6, 6.07) is 2.89. The van der Waals surface area contributed by atoms with Crippen LogP contribution in [0.4, 0.5) is 5.69 Å². The lowest BCUT2D eigenvalue weighted by Crippen LogP contribution is -2.17. The summed E-state index contributed by atoms with van der Waals surface area (Å²) in [6.45, 7) is 3.44. The van der Waals surface area contributed by atoms with E-state index < -0.39 is 21.1 Å². The molecule has 3 rings (SSSR count). The monoisotopic (exact) mass is 425 g/mol. The number of nitrogens with zero attached hydrogens (tertiary/aromatic N) is 4. The topological polar surface area (TPSA) is 127 Å². The third-order valence-corrected chi connectivity index (χ3v) is 5.31. The van der Waals surface area contributed by atoms with E-state index in [4.69, 9.17) is 0 Å². The summed E-state index contributed by atoms with van der Waals surface area (Å²) in [5.74, 6) is -1.04. The number of carbonyl (C=O) groups is 1. The molecule has 0 amide bonds. The highest BCUT2D eigenvalue weighted by Gasteiger charge is 2.24. The number of rotatable bonds is 4. The van der Waals surface area contributed by atoms with Crippen molar-refractivity contribution in [3.63, 3.8) is 0 Å². The number of benzene rings is 1. The predicted octanol–water partition coefficient (Wildman–Crippen LogP) is 2.00. The zero-order valence-corrected chi connectivity index (χ0v) is 15.5. The Labute approximate surface area is 150 Å². The molecule has 0 aliphatic rings. The number of carboxylic acids is 1. The molecular weight excluding hydrogens is 414 g/mol. The maximum atomic E-state index is 12.6. The molecule has 25 heavy (non-hydrogen) atoms. The normalized spacial score (nSPS) is 11.6. The Kier molecular flexibility index (Phi) is 4.21. The number of aromatic nitrogens is 4. The average molecular weight is 426 g/mol. The van der Waals surface area contributed by atoms with Gasteiger partial charge in [-0.25, -0.2) is 14.3 Å². The molecule has 0 saturated heterocycles. The molecule has 0 radical (unpaired) electrons. The van der Waals surface area contributed by atoms with Crippen molar-refractivity contribution >= 4 is 43.4 Å². The standard InChI is InChI=1S/C14H12BrN5O4S/c1-7-5-16-13-17-14(18-20(13)6-7)25(23,24)19-11-8(2)3-4-9(10(11)15)12(21)22/h3-6,19H,1-2H3,(H,21,22). The molecule has 0 saturated carbocycles. The van der Waals surface area contributed by atoms with E-state index in [0.29, 0.717) is 5.56 Å². The van der Waals surface area contributed by atoms with Crippen LogP contribution in [0.15, 0.2) is 34.2 Å². The molecule has 3 aromatic rings. The van der Waals surface area contributed by atoms with Crippen LogP contribution in [0.2, 0.25) is 0 Å². The Morgan fingerprint density at radius 3 is 2.72 bits per heavy atom. The van der Waals surface area contributed by atoms with Gasteiger partial charge in [-0.3, -0.25) is 4.72 Å². The van der Waals surface area contributed by atoms with Gasteiger partial charge in [-0.05, 0) is 47.0 Å². The second kappa shape index (κ2) is 6.08. The van der Waals surface area contributed by atoms with Crippen molar-refractivity contribution in [3.8, 4) is 0 Å². The molecule has 11 heteroatoms. The highest BCUT2D eigenvalue weighted by molar-refractivity contribution is 9.10. The third-order valence-electron chi connectivity index (χ3n) is 3.36. The van der Waals surface area contributed by atoms with Gasteiger partial charge >= 0.3 is 5.97 Å². The first-order valence-electron chi connectivity index (χ1n) is 6.93. The molecule has 2 N–H and O–H groups in total. The number of halogens is 1. The van der Waals surface area contributed by atoms with Crippen LogP contribution in [-0.2, 0) is 10.0 Å². The molecule has 0 bridgehead atoms. The molecule has 1 aromatic carbocycles. The highest BCUT2D eigenvalue weighted by atomic mass is 79.9. The van der Waals surface area contributed by atoms with Gasteiger partial charge in [0.2, 0.25) is 0 Å². The van der Waals surface area contributed by atoms with E-state index in [1.807, 2.05) is 0 Å². The smallest absolute Gasteiger partial charge is 0.336 e. The summed E-state index contributed by atoms with van der Waals surface area (Å²) in [5.41, 5.74) is 1.38. The molecule has 9 nitrogen and oxygen atoms in total. The molecule has 0 spiro atoms. The van der Waals surface area contributed by atoms with E-state index >= 15 is 0 Å². The predicted molar refractivity (Wildman–Crippen MR) is 92.2 cm³/mol. The van der Waals surface area contributed by atoms with Crippen molar-refractivity contribution in [1.29, 1.82) is 0 Å². The van der Waals surface area contributed by atoms with E-state index in [-0.39, 0.29) is 21.5 Å². The van der Waals surface area contributed by atoms with Crippen molar-refractivity contribution in [3.05, 3.63) is 45.7 Å². The molecule has 0 unspecified atom stereocenters. The van der Waals surface area contributed by atoms with Gasteiger partial charge in [0.05, 0.1) is 15.7 Å². The van der Waals surface area contributed by atoms with Crippen LogP contribution in [0.5, 0.6) is 0 Å². The van der Waals surface area contributed by atoms with Gasteiger partial charge in [0.1, 0.15) is 0 Å². The number of anilines is 1.